The Morgan fingerprint density at radius 3 is 2.31 bits per heavy atom. The average molecular weight is 226 g/mol. The summed E-state index contributed by atoms with van der Waals surface area (Å²) >= 11 is 0. The third kappa shape index (κ3) is 1.76. The Labute approximate surface area is 95.3 Å². The van der Waals surface area contributed by atoms with Crippen LogP contribution in [0.1, 0.15) is 27.7 Å². The monoisotopic (exact) mass is 226 g/mol. The molecule has 0 saturated carbocycles. The van der Waals surface area contributed by atoms with Crippen LogP contribution in [0.15, 0.2) is 17.3 Å². The van der Waals surface area contributed by atoms with Crippen molar-refractivity contribution < 1.29 is 13.7 Å². The molecule has 1 atom stereocenters. The van der Waals surface area contributed by atoms with Gasteiger partial charge < -0.3 is 14.1 Å². The van der Waals surface area contributed by atoms with Crippen LogP contribution in [0, 0.1) is 0 Å². The predicted octanol–water partition coefficient (Wildman–Crippen LogP) is 1.73. The van der Waals surface area contributed by atoms with Crippen LogP contribution in [0.3, 0.4) is 0 Å². The van der Waals surface area contributed by atoms with Gasteiger partial charge in [-0.3, -0.25) is 0 Å². The first kappa shape index (κ1) is 11.6. The third-order valence-electron chi connectivity index (χ3n) is 3.28. The van der Waals surface area contributed by atoms with Crippen molar-refractivity contribution in [3.63, 3.8) is 0 Å². The van der Waals surface area contributed by atoms with E-state index in [4.69, 9.17) is 9.31 Å². The zero-order valence-electron chi connectivity index (χ0n) is 9.98. The molecule has 0 N–H and O–H groups in total. The zero-order chi connectivity index (χ0) is 12.0. The molecule has 2 heterocycles. The summed E-state index contributed by atoms with van der Waals surface area (Å²) in [6, 6.07) is 0. The van der Waals surface area contributed by atoms with Crippen LogP contribution in [0.4, 0.5) is 4.39 Å². The number of halogens is 1. The van der Waals surface area contributed by atoms with E-state index >= 15 is 0 Å². The summed E-state index contributed by atoms with van der Waals surface area (Å²) in [6.45, 7) is 7.71. The maximum absolute atomic E-state index is 13.5. The smallest absolute Gasteiger partial charge is 0.384 e. The average Bonchev–Trinajstić information content (AvgIpc) is 2.36. The fourth-order valence-electron chi connectivity index (χ4n) is 1.51. The number of hydrogen-bond acceptors (Lipinski definition) is 4. The Balaban J connectivity index is 2.15. The molecule has 1 unspecified atom stereocenters. The van der Waals surface area contributed by atoms with Gasteiger partial charge >= 0.3 is 7.25 Å². The highest BCUT2D eigenvalue weighted by atomic mass is 19.1. The van der Waals surface area contributed by atoms with E-state index in [2.05, 4.69) is 4.99 Å². The van der Waals surface area contributed by atoms with Gasteiger partial charge in [-0.15, -0.1) is 0 Å². The number of hydrogen-bond donors (Lipinski definition) is 0. The van der Waals surface area contributed by atoms with Crippen molar-refractivity contribution in [3.05, 3.63) is 12.3 Å². The first-order chi connectivity index (χ1) is 7.33. The van der Waals surface area contributed by atoms with Gasteiger partial charge in [0.05, 0.1) is 11.2 Å². The molecule has 2 aliphatic rings. The van der Waals surface area contributed by atoms with Gasteiger partial charge in [-0.05, 0) is 40.0 Å². The molecule has 0 amide bonds. The minimum atomic E-state index is -1.44. The normalized spacial score (nSPS) is 31.2. The number of aliphatic imine (C=N–C) groups is 1. The molecular weight excluding hydrogens is 210 g/mol. The number of nitrogens with zero attached hydrogens (tertiary/aromatic N) is 2. The number of alkyl halides is 1. The predicted molar refractivity (Wildman–Crippen MR) is 60.4 cm³/mol. The Kier molecular flexibility index (Phi) is 2.59. The summed E-state index contributed by atoms with van der Waals surface area (Å²) < 4.78 is 24.9. The third-order valence-corrected chi connectivity index (χ3v) is 3.28. The summed E-state index contributed by atoms with van der Waals surface area (Å²) in [6.07, 6.45) is 3.22. The Morgan fingerprint density at radius 1 is 1.25 bits per heavy atom. The van der Waals surface area contributed by atoms with Gasteiger partial charge in [0.15, 0.2) is 0 Å². The van der Waals surface area contributed by atoms with Crippen molar-refractivity contribution in [1.29, 1.82) is 0 Å². The van der Waals surface area contributed by atoms with Crippen molar-refractivity contribution >= 4 is 13.5 Å². The maximum atomic E-state index is 13.5. The van der Waals surface area contributed by atoms with Gasteiger partial charge in [0.2, 0.25) is 0 Å². The highest BCUT2D eigenvalue weighted by Crippen LogP contribution is 2.38. The van der Waals surface area contributed by atoms with Gasteiger partial charge in [-0.2, -0.15) is 4.39 Å². The largest absolute Gasteiger partial charge is 0.597 e. The number of rotatable bonds is 1. The van der Waals surface area contributed by atoms with Crippen LogP contribution in [-0.2, 0) is 9.31 Å². The van der Waals surface area contributed by atoms with Gasteiger partial charge in [0.1, 0.15) is 0 Å². The van der Waals surface area contributed by atoms with E-state index in [1.54, 1.807) is 12.3 Å². The molecule has 2 rings (SSSR count). The van der Waals surface area contributed by atoms with E-state index < -0.39 is 24.9 Å². The topological polar surface area (TPSA) is 34.1 Å². The van der Waals surface area contributed by atoms with Crippen molar-refractivity contribution in [2.24, 2.45) is 4.99 Å². The summed E-state index contributed by atoms with van der Waals surface area (Å²) in [7, 11) is -0.728. The van der Waals surface area contributed by atoms with Crippen LogP contribution in [-0.4, -0.2) is 35.9 Å². The fraction of sp³-hybridized carbons (Fsp3) is 0.700. The lowest BCUT2D eigenvalue weighted by Gasteiger charge is -2.32. The second-order valence-corrected chi connectivity index (χ2v) is 4.96. The molecule has 0 radical (unpaired) electrons. The van der Waals surface area contributed by atoms with Crippen LogP contribution >= 0.6 is 0 Å². The van der Waals surface area contributed by atoms with E-state index in [1.165, 1.54) is 11.0 Å². The molecule has 1 saturated heterocycles. The Bertz CT molecular complexity index is 328. The second-order valence-electron chi connectivity index (χ2n) is 4.96. The van der Waals surface area contributed by atoms with Crippen LogP contribution in [0.2, 0.25) is 0 Å². The molecule has 6 heteroatoms. The molecule has 0 bridgehead atoms. The van der Waals surface area contributed by atoms with Crippen molar-refractivity contribution in [3.8, 4) is 0 Å². The molecule has 0 aromatic carbocycles. The van der Waals surface area contributed by atoms with Gasteiger partial charge in [0.25, 0.3) is 6.42 Å². The summed E-state index contributed by atoms with van der Waals surface area (Å²) in [5.41, 5.74) is -0.932. The lowest BCUT2D eigenvalue weighted by Crippen LogP contribution is -2.43. The minimum absolute atomic E-state index is 0.466. The second kappa shape index (κ2) is 3.57. The summed E-state index contributed by atoms with van der Waals surface area (Å²) in [4.78, 5) is 4.95. The SMILES string of the molecule is CC1(C)OB(N2C=CC=NC2F)OC1(C)C. The minimum Gasteiger partial charge on any atom is -0.384 e. The van der Waals surface area contributed by atoms with E-state index in [-0.39, 0.29) is 0 Å². The highest BCUT2D eigenvalue weighted by molar-refractivity contribution is 6.42. The maximum Gasteiger partial charge on any atom is 0.597 e. The van der Waals surface area contributed by atoms with Crippen molar-refractivity contribution in [2.75, 3.05) is 0 Å². The first-order valence-corrected chi connectivity index (χ1v) is 5.31. The molecule has 0 aliphatic carbocycles. The lowest BCUT2D eigenvalue weighted by molar-refractivity contribution is 0.00578. The van der Waals surface area contributed by atoms with Crippen molar-refractivity contribution in [1.82, 2.24) is 4.81 Å². The zero-order valence-corrected chi connectivity index (χ0v) is 9.98. The van der Waals surface area contributed by atoms with Crippen LogP contribution in [0.25, 0.3) is 0 Å². The summed E-state index contributed by atoms with van der Waals surface area (Å²) in [5.74, 6) is 0. The molecular formula is C10H16BFN2O2. The Morgan fingerprint density at radius 2 is 1.81 bits per heavy atom. The van der Waals surface area contributed by atoms with E-state index in [0.29, 0.717) is 0 Å². The Hall–Kier alpha value is -0.875. The fourth-order valence-corrected chi connectivity index (χ4v) is 1.51. The molecule has 1 fully saturated rings. The van der Waals surface area contributed by atoms with Crippen LogP contribution < -0.4 is 0 Å². The molecule has 4 nitrogen and oxygen atoms in total. The van der Waals surface area contributed by atoms with E-state index in [1.807, 2.05) is 27.7 Å². The molecule has 0 aromatic heterocycles. The lowest BCUT2D eigenvalue weighted by atomic mass is 9.90. The quantitative estimate of drug-likeness (QED) is 0.504. The van der Waals surface area contributed by atoms with Crippen LogP contribution in [0.5, 0.6) is 0 Å². The van der Waals surface area contributed by atoms with Gasteiger partial charge in [-0.1, -0.05) is 0 Å². The van der Waals surface area contributed by atoms with Gasteiger partial charge in [0, 0.05) is 6.21 Å². The molecule has 0 aromatic rings. The molecule has 2 aliphatic heterocycles. The van der Waals surface area contributed by atoms with E-state index in [0.717, 1.165) is 0 Å². The number of allylic oxidation sites excluding steroid dienone is 1. The highest BCUT2D eigenvalue weighted by Gasteiger charge is 2.55. The molecule has 0 spiro atoms. The summed E-state index contributed by atoms with van der Waals surface area (Å²) in [5, 5.41) is 0. The van der Waals surface area contributed by atoms with Gasteiger partial charge in [-0.25, -0.2) is 4.99 Å². The first-order valence-electron chi connectivity index (χ1n) is 5.31. The van der Waals surface area contributed by atoms with Crippen molar-refractivity contribution in [2.45, 2.75) is 45.3 Å². The van der Waals surface area contributed by atoms with E-state index in [9.17, 15) is 4.39 Å². The standard InChI is InChI=1S/C10H16BFN2O2/c1-9(2)10(3,4)16-11(15-9)14-7-5-6-13-8(14)12/h5-8H,1-4H3. The molecule has 88 valence electrons. The molecule has 16 heavy (non-hydrogen) atoms.